The molecule has 1 aromatic carbocycles. The Morgan fingerprint density at radius 3 is 2.65 bits per heavy atom. The van der Waals surface area contributed by atoms with Gasteiger partial charge in [0.15, 0.2) is 0 Å². The molecule has 2 aromatic rings. The number of ether oxygens (including phenoxy) is 1. The highest BCUT2D eigenvalue weighted by Gasteiger charge is 2.12. The molecule has 0 saturated heterocycles. The second-order valence-corrected chi connectivity index (χ2v) is 12.0. The average Bonchev–Trinajstić information content (AvgIpc) is 2.82. The fraction of sp³-hybridized carbons (Fsp3) is 0.438. The van der Waals surface area contributed by atoms with Crippen LogP contribution < -0.4 is 0 Å². The maximum Gasteiger partial charge on any atom is 0.124 e. The molecule has 0 aliphatic heterocycles. The zero-order valence-electron chi connectivity index (χ0n) is 12.9. The van der Waals surface area contributed by atoms with Crippen molar-refractivity contribution < 1.29 is 4.74 Å². The lowest BCUT2D eigenvalue weighted by molar-refractivity contribution is 0.0882. The van der Waals surface area contributed by atoms with E-state index in [2.05, 4.69) is 60.4 Å². The summed E-state index contributed by atoms with van der Waals surface area (Å²) in [7, 11) is -1.02. The van der Waals surface area contributed by atoms with Crippen LogP contribution in [-0.4, -0.2) is 24.2 Å². The lowest BCUT2D eigenvalue weighted by Crippen LogP contribution is -2.22. The van der Waals surface area contributed by atoms with Crippen LogP contribution in [0.25, 0.3) is 11.3 Å². The molecule has 20 heavy (non-hydrogen) atoms. The van der Waals surface area contributed by atoms with Crippen molar-refractivity contribution in [2.24, 2.45) is 0 Å². The predicted molar refractivity (Wildman–Crippen MR) is 86.5 cm³/mol. The molecule has 0 unspecified atom stereocenters. The van der Waals surface area contributed by atoms with E-state index in [1.807, 2.05) is 12.5 Å². The van der Waals surface area contributed by atoms with E-state index in [4.69, 9.17) is 4.74 Å². The van der Waals surface area contributed by atoms with E-state index in [0.717, 1.165) is 12.3 Å². The van der Waals surface area contributed by atoms with Crippen LogP contribution in [0, 0.1) is 6.92 Å². The van der Waals surface area contributed by atoms with Gasteiger partial charge in [-0.15, -0.1) is 0 Å². The van der Waals surface area contributed by atoms with Crippen molar-refractivity contribution >= 4 is 8.07 Å². The topological polar surface area (TPSA) is 27.1 Å². The van der Waals surface area contributed by atoms with Crippen LogP contribution in [0.4, 0.5) is 0 Å². The fourth-order valence-electron chi connectivity index (χ4n) is 2.05. The molecule has 0 radical (unpaired) electrons. The van der Waals surface area contributed by atoms with Gasteiger partial charge in [-0.25, -0.2) is 4.98 Å². The summed E-state index contributed by atoms with van der Waals surface area (Å²) in [5.41, 5.74) is 3.60. The first-order valence-electron chi connectivity index (χ1n) is 7.11. The van der Waals surface area contributed by atoms with Crippen molar-refractivity contribution in [1.29, 1.82) is 0 Å². The number of hydrogen-bond donors (Lipinski definition) is 0. The minimum atomic E-state index is -1.02. The number of aromatic nitrogens is 2. The second kappa shape index (κ2) is 6.37. The number of imidazole rings is 1. The lowest BCUT2D eigenvalue weighted by atomic mass is 10.1. The molecule has 0 aliphatic rings. The predicted octanol–water partition coefficient (Wildman–Crippen LogP) is 4.17. The van der Waals surface area contributed by atoms with E-state index in [1.54, 1.807) is 0 Å². The van der Waals surface area contributed by atoms with Crippen LogP contribution >= 0.6 is 0 Å². The summed E-state index contributed by atoms with van der Waals surface area (Å²) in [4.78, 5) is 4.26. The fourth-order valence-corrected chi connectivity index (χ4v) is 2.81. The van der Waals surface area contributed by atoms with Gasteiger partial charge in [0.25, 0.3) is 0 Å². The van der Waals surface area contributed by atoms with Crippen LogP contribution in [0.15, 0.2) is 36.8 Å². The molecule has 1 aromatic heterocycles. The first-order chi connectivity index (χ1) is 9.47. The minimum Gasteiger partial charge on any atom is -0.361 e. The first-order valence-corrected chi connectivity index (χ1v) is 10.8. The Bertz CT molecular complexity index is 558. The molecule has 0 saturated carbocycles. The van der Waals surface area contributed by atoms with Gasteiger partial charge in [-0.1, -0.05) is 43.9 Å². The van der Waals surface area contributed by atoms with Crippen LogP contribution in [0.1, 0.15) is 5.56 Å². The normalized spacial score (nSPS) is 11.8. The van der Waals surface area contributed by atoms with Gasteiger partial charge in [0.05, 0.1) is 18.2 Å². The third-order valence-corrected chi connectivity index (χ3v) is 5.06. The van der Waals surface area contributed by atoms with Gasteiger partial charge in [-0.2, -0.15) is 0 Å². The number of hydrogen-bond acceptors (Lipinski definition) is 2. The highest BCUT2D eigenvalue weighted by Crippen LogP contribution is 2.22. The summed E-state index contributed by atoms with van der Waals surface area (Å²) in [5.74, 6) is 0. The molecule has 0 spiro atoms. The van der Waals surface area contributed by atoms with E-state index in [-0.39, 0.29) is 0 Å². The molecule has 3 nitrogen and oxygen atoms in total. The molecule has 1 heterocycles. The van der Waals surface area contributed by atoms with Gasteiger partial charge in [-0.3, -0.25) is 0 Å². The largest absolute Gasteiger partial charge is 0.361 e. The average molecular weight is 288 g/mol. The standard InChI is InChI=1S/C16H24N2OSi/c1-14-7-5-6-8-15(14)16-11-17-12-18(16)13-19-9-10-20(2,3)4/h5-8,11-12H,9-10,13H2,1-4H3. The lowest BCUT2D eigenvalue weighted by Gasteiger charge is -2.16. The van der Waals surface area contributed by atoms with Gasteiger partial charge in [0.1, 0.15) is 6.73 Å². The maximum absolute atomic E-state index is 5.81. The number of rotatable bonds is 6. The number of benzene rings is 1. The van der Waals surface area contributed by atoms with Crippen LogP contribution in [0.5, 0.6) is 0 Å². The molecule has 2 rings (SSSR count). The highest BCUT2D eigenvalue weighted by molar-refractivity contribution is 6.76. The third kappa shape index (κ3) is 4.05. The van der Waals surface area contributed by atoms with E-state index in [9.17, 15) is 0 Å². The van der Waals surface area contributed by atoms with Crippen LogP contribution in [0.3, 0.4) is 0 Å². The number of nitrogens with zero attached hydrogens (tertiary/aromatic N) is 2. The molecular formula is C16H24N2OSi. The molecule has 0 amide bonds. The Morgan fingerprint density at radius 1 is 1.20 bits per heavy atom. The molecule has 4 heteroatoms. The smallest absolute Gasteiger partial charge is 0.124 e. The molecule has 0 N–H and O–H groups in total. The van der Waals surface area contributed by atoms with Crippen molar-refractivity contribution in [3.8, 4) is 11.3 Å². The molecule has 0 atom stereocenters. The molecular weight excluding hydrogens is 264 g/mol. The van der Waals surface area contributed by atoms with Crippen LogP contribution in [0.2, 0.25) is 25.7 Å². The van der Waals surface area contributed by atoms with Gasteiger partial charge in [0.2, 0.25) is 0 Å². The maximum atomic E-state index is 5.81. The van der Waals surface area contributed by atoms with Gasteiger partial charge >= 0.3 is 0 Å². The van der Waals surface area contributed by atoms with E-state index >= 15 is 0 Å². The monoisotopic (exact) mass is 288 g/mol. The third-order valence-electron chi connectivity index (χ3n) is 3.36. The van der Waals surface area contributed by atoms with Crippen molar-refractivity contribution in [3.63, 3.8) is 0 Å². The molecule has 0 bridgehead atoms. The van der Waals surface area contributed by atoms with Crippen molar-refractivity contribution in [2.75, 3.05) is 6.61 Å². The summed E-state index contributed by atoms with van der Waals surface area (Å²) < 4.78 is 7.89. The molecule has 108 valence electrons. The molecule has 0 fully saturated rings. The Kier molecular flexibility index (Phi) is 4.78. The van der Waals surface area contributed by atoms with E-state index in [0.29, 0.717) is 6.73 Å². The summed E-state index contributed by atoms with van der Waals surface area (Å²) in [6.07, 6.45) is 3.75. The SMILES string of the molecule is Cc1ccccc1-c1cncn1COCC[Si](C)(C)C. The zero-order chi connectivity index (χ0) is 14.6. The summed E-state index contributed by atoms with van der Waals surface area (Å²) >= 11 is 0. The van der Waals surface area contributed by atoms with Crippen LogP contribution in [-0.2, 0) is 11.5 Å². The van der Waals surface area contributed by atoms with Crippen molar-refractivity contribution in [2.45, 2.75) is 39.3 Å². The van der Waals surface area contributed by atoms with E-state index in [1.165, 1.54) is 17.2 Å². The second-order valence-electron chi connectivity index (χ2n) is 6.41. The summed E-state index contributed by atoms with van der Waals surface area (Å²) in [6, 6.07) is 9.57. The van der Waals surface area contributed by atoms with Gasteiger partial charge in [-0.05, 0) is 18.5 Å². The van der Waals surface area contributed by atoms with E-state index < -0.39 is 8.07 Å². The minimum absolute atomic E-state index is 0.578. The van der Waals surface area contributed by atoms with Crippen molar-refractivity contribution in [1.82, 2.24) is 9.55 Å². The summed E-state index contributed by atoms with van der Waals surface area (Å²) in [6.45, 7) is 10.6. The Morgan fingerprint density at radius 2 is 1.95 bits per heavy atom. The Labute approximate surface area is 122 Å². The zero-order valence-corrected chi connectivity index (χ0v) is 13.9. The summed E-state index contributed by atoms with van der Waals surface area (Å²) in [5, 5.41) is 0. The Balaban J connectivity index is 2.01. The quantitative estimate of drug-likeness (QED) is 0.589. The highest BCUT2D eigenvalue weighted by atomic mass is 28.3. The van der Waals surface area contributed by atoms with Gasteiger partial charge in [0, 0.05) is 20.2 Å². The Hall–Kier alpha value is -1.39. The first kappa shape index (κ1) is 15.0. The van der Waals surface area contributed by atoms with Crippen molar-refractivity contribution in [3.05, 3.63) is 42.4 Å². The number of aryl methyl sites for hydroxylation is 1. The van der Waals surface area contributed by atoms with Gasteiger partial charge < -0.3 is 9.30 Å². The molecule has 0 aliphatic carbocycles.